The number of piperazine rings is 1. The number of hydrogen-bond donors (Lipinski definition) is 1. The van der Waals surface area contributed by atoms with Crippen molar-refractivity contribution in [2.24, 2.45) is 0 Å². The zero-order valence-corrected chi connectivity index (χ0v) is 11.7. The van der Waals surface area contributed by atoms with Gasteiger partial charge in [-0.3, -0.25) is 4.90 Å². The molecule has 2 aliphatic rings. The van der Waals surface area contributed by atoms with Gasteiger partial charge < -0.3 is 10.0 Å². The summed E-state index contributed by atoms with van der Waals surface area (Å²) < 4.78 is 0. The quantitative estimate of drug-likeness (QED) is 0.876. The van der Waals surface area contributed by atoms with E-state index in [0.29, 0.717) is 12.1 Å². The molecule has 2 saturated heterocycles. The van der Waals surface area contributed by atoms with E-state index in [9.17, 15) is 4.79 Å². The fraction of sp³-hybridized carbons (Fsp3) is 0.643. The maximum absolute atomic E-state index is 10.8. The molecule has 3 heterocycles. The highest BCUT2D eigenvalue weighted by Crippen LogP contribution is 2.26. The minimum Gasteiger partial charge on any atom is -0.476 e. The van der Waals surface area contributed by atoms with Crippen LogP contribution in [0.25, 0.3) is 0 Å². The summed E-state index contributed by atoms with van der Waals surface area (Å²) in [6.07, 6.45) is 3.84. The van der Waals surface area contributed by atoms with Gasteiger partial charge in [-0.05, 0) is 38.4 Å². The molecule has 0 spiro atoms. The third-order valence-electron chi connectivity index (χ3n) is 4.35. The molecule has 20 heavy (non-hydrogen) atoms. The first kappa shape index (κ1) is 13.3. The molecular formula is C14H20N4O2. The Bertz CT molecular complexity index is 490. The number of fused-ring (bicyclic) bond motifs is 1. The number of aromatic nitrogens is 2. The van der Waals surface area contributed by atoms with Gasteiger partial charge in [0.05, 0.1) is 0 Å². The summed E-state index contributed by atoms with van der Waals surface area (Å²) >= 11 is 0. The molecule has 3 rings (SSSR count). The van der Waals surface area contributed by atoms with Gasteiger partial charge in [-0.25, -0.2) is 4.79 Å². The van der Waals surface area contributed by atoms with Crippen molar-refractivity contribution in [1.82, 2.24) is 15.1 Å². The van der Waals surface area contributed by atoms with Crippen LogP contribution in [0.3, 0.4) is 0 Å². The Morgan fingerprint density at radius 2 is 2.15 bits per heavy atom. The van der Waals surface area contributed by atoms with Gasteiger partial charge >= 0.3 is 5.97 Å². The molecule has 1 aromatic rings. The minimum absolute atomic E-state index is 0.00212. The Hall–Kier alpha value is -1.69. The fourth-order valence-corrected chi connectivity index (χ4v) is 3.26. The Labute approximate surface area is 118 Å². The molecule has 2 atom stereocenters. The highest BCUT2D eigenvalue weighted by molar-refractivity contribution is 5.85. The minimum atomic E-state index is -1.03. The summed E-state index contributed by atoms with van der Waals surface area (Å²) in [5, 5.41) is 16.7. The van der Waals surface area contributed by atoms with Crippen molar-refractivity contribution in [2.75, 3.05) is 24.5 Å². The highest BCUT2D eigenvalue weighted by atomic mass is 16.4. The van der Waals surface area contributed by atoms with E-state index in [1.54, 1.807) is 6.07 Å². The molecule has 1 N–H and O–H groups in total. The number of carbonyl (C=O) groups is 1. The summed E-state index contributed by atoms with van der Waals surface area (Å²) in [5.74, 6) is -0.248. The molecule has 2 unspecified atom stereocenters. The van der Waals surface area contributed by atoms with Gasteiger partial charge in [0, 0.05) is 25.2 Å². The molecule has 108 valence electrons. The first-order valence-corrected chi connectivity index (χ1v) is 7.23. The Balaban J connectivity index is 1.77. The Kier molecular flexibility index (Phi) is 3.56. The molecule has 0 bridgehead atoms. The summed E-state index contributed by atoms with van der Waals surface area (Å²) in [5.41, 5.74) is -0.00212. The van der Waals surface area contributed by atoms with E-state index in [1.807, 2.05) is 0 Å². The van der Waals surface area contributed by atoms with Crippen molar-refractivity contribution < 1.29 is 9.90 Å². The maximum atomic E-state index is 10.8. The lowest BCUT2D eigenvalue weighted by atomic mass is 9.97. The number of carboxylic acid groups (broad SMARTS) is 1. The van der Waals surface area contributed by atoms with Crippen LogP contribution in [0.2, 0.25) is 0 Å². The van der Waals surface area contributed by atoms with Gasteiger partial charge in [-0.15, -0.1) is 10.2 Å². The summed E-state index contributed by atoms with van der Waals surface area (Å²) in [7, 11) is 0. The van der Waals surface area contributed by atoms with Crippen molar-refractivity contribution in [3.63, 3.8) is 0 Å². The van der Waals surface area contributed by atoms with Crippen LogP contribution in [-0.4, -0.2) is 57.9 Å². The lowest BCUT2D eigenvalue weighted by Gasteiger charge is -2.47. The lowest BCUT2D eigenvalue weighted by Crippen LogP contribution is -2.59. The van der Waals surface area contributed by atoms with Crippen LogP contribution < -0.4 is 4.90 Å². The van der Waals surface area contributed by atoms with E-state index in [2.05, 4.69) is 26.9 Å². The molecule has 0 aliphatic carbocycles. The van der Waals surface area contributed by atoms with E-state index >= 15 is 0 Å². The fourth-order valence-electron chi connectivity index (χ4n) is 3.26. The first-order valence-electron chi connectivity index (χ1n) is 7.23. The zero-order valence-electron chi connectivity index (χ0n) is 11.7. The van der Waals surface area contributed by atoms with Gasteiger partial charge in [0.1, 0.15) is 0 Å². The van der Waals surface area contributed by atoms with Crippen LogP contribution in [0.4, 0.5) is 5.82 Å². The van der Waals surface area contributed by atoms with Crippen molar-refractivity contribution >= 4 is 11.8 Å². The van der Waals surface area contributed by atoms with Crippen molar-refractivity contribution in [3.8, 4) is 0 Å². The molecule has 0 saturated carbocycles. The van der Waals surface area contributed by atoms with Crippen LogP contribution in [0.15, 0.2) is 12.1 Å². The van der Waals surface area contributed by atoms with Crippen LogP contribution >= 0.6 is 0 Å². The maximum Gasteiger partial charge on any atom is 0.356 e. The molecule has 2 fully saturated rings. The second-order valence-corrected chi connectivity index (χ2v) is 5.73. The third-order valence-corrected chi connectivity index (χ3v) is 4.35. The summed E-state index contributed by atoms with van der Waals surface area (Å²) in [6, 6.07) is 4.28. The average Bonchev–Trinajstić information content (AvgIpc) is 2.46. The lowest BCUT2D eigenvalue weighted by molar-refractivity contribution is 0.0689. The molecule has 6 heteroatoms. The van der Waals surface area contributed by atoms with Gasteiger partial charge in [0.25, 0.3) is 0 Å². The average molecular weight is 276 g/mol. The molecule has 0 aromatic carbocycles. The van der Waals surface area contributed by atoms with Crippen LogP contribution in [0, 0.1) is 0 Å². The second kappa shape index (κ2) is 5.36. The first-order chi connectivity index (χ1) is 9.65. The van der Waals surface area contributed by atoms with Crippen molar-refractivity contribution in [2.45, 2.75) is 38.3 Å². The molecule has 2 aliphatic heterocycles. The monoisotopic (exact) mass is 276 g/mol. The normalized spacial score (nSPS) is 27.1. The van der Waals surface area contributed by atoms with E-state index in [1.165, 1.54) is 31.9 Å². The number of aromatic carboxylic acids is 1. The third kappa shape index (κ3) is 2.47. The number of nitrogens with zero attached hydrogens (tertiary/aromatic N) is 4. The number of rotatable bonds is 2. The standard InChI is InChI=1S/C14H20N4O2/c1-10-8-17-7-3-2-4-11(17)9-18(10)13-6-5-12(14(19)20)15-16-13/h5-6,10-11H,2-4,7-9H2,1H3,(H,19,20). The molecular weight excluding hydrogens is 256 g/mol. The van der Waals surface area contributed by atoms with Gasteiger partial charge in [0.2, 0.25) is 0 Å². The Morgan fingerprint density at radius 3 is 2.85 bits per heavy atom. The number of piperidine rings is 1. The summed E-state index contributed by atoms with van der Waals surface area (Å²) in [6.45, 7) is 5.40. The van der Waals surface area contributed by atoms with E-state index in [0.717, 1.165) is 18.9 Å². The Morgan fingerprint density at radius 1 is 1.30 bits per heavy atom. The van der Waals surface area contributed by atoms with Crippen LogP contribution in [0.5, 0.6) is 0 Å². The highest BCUT2D eigenvalue weighted by Gasteiger charge is 2.33. The SMILES string of the molecule is CC1CN2CCCCC2CN1c1ccc(C(=O)O)nn1. The molecule has 1 aromatic heterocycles. The smallest absolute Gasteiger partial charge is 0.356 e. The molecule has 0 radical (unpaired) electrons. The number of anilines is 1. The molecule has 6 nitrogen and oxygen atoms in total. The van der Waals surface area contributed by atoms with Gasteiger partial charge in [0.15, 0.2) is 11.5 Å². The van der Waals surface area contributed by atoms with Gasteiger partial charge in [-0.2, -0.15) is 0 Å². The van der Waals surface area contributed by atoms with Crippen molar-refractivity contribution in [3.05, 3.63) is 17.8 Å². The van der Waals surface area contributed by atoms with Crippen molar-refractivity contribution in [1.29, 1.82) is 0 Å². The predicted octanol–water partition coefficient (Wildman–Crippen LogP) is 1.24. The van der Waals surface area contributed by atoms with Crippen LogP contribution in [-0.2, 0) is 0 Å². The predicted molar refractivity (Wildman–Crippen MR) is 75.0 cm³/mol. The van der Waals surface area contributed by atoms with Crippen LogP contribution in [0.1, 0.15) is 36.7 Å². The van der Waals surface area contributed by atoms with E-state index in [-0.39, 0.29) is 5.69 Å². The second-order valence-electron chi connectivity index (χ2n) is 5.73. The van der Waals surface area contributed by atoms with E-state index in [4.69, 9.17) is 5.11 Å². The number of carboxylic acids is 1. The zero-order chi connectivity index (χ0) is 14.1. The van der Waals surface area contributed by atoms with Gasteiger partial charge in [-0.1, -0.05) is 6.42 Å². The topological polar surface area (TPSA) is 69.6 Å². The van der Waals surface area contributed by atoms with E-state index < -0.39 is 5.97 Å². The largest absolute Gasteiger partial charge is 0.476 e. The number of hydrogen-bond acceptors (Lipinski definition) is 5. The summed E-state index contributed by atoms with van der Waals surface area (Å²) in [4.78, 5) is 15.6. The molecule has 0 amide bonds.